The summed E-state index contributed by atoms with van der Waals surface area (Å²) in [6.07, 6.45) is 0.422. The lowest BCUT2D eigenvalue weighted by molar-refractivity contribution is -0.150. The number of methoxy groups -OCH3 is 1. The largest absolute Gasteiger partial charge is 0.497 e. The Morgan fingerprint density at radius 3 is 2.52 bits per heavy atom. The smallest absolute Gasteiger partial charge is 0.316 e. The normalized spacial score (nSPS) is 18.6. The number of nitrogens with zero attached hydrogens (tertiary/aromatic N) is 1. The predicted molar refractivity (Wildman–Crippen MR) is 94.5 cm³/mol. The number of amides is 1. The first-order valence-corrected chi connectivity index (χ1v) is 10.5. The molecule has 0 aromatic heterocycles. The molecule has 2 rings (SSSR count). The second kappa shape index (κ2) is 8.57. The van der Waals surface area contributed by atoms with Crippen LogP contribution in [0, 0.1) is 0 Å². The summed E-state index contributed by atoms with van der Waals surface area (Å²) in [5, 5.41) is 0. The maximum absolute atomic E-state index is 12.0. The minimum absolute atomic E-state index is 0.0312. The molecule has 1 aliphatic rings. The van der Waals surface area contributed by atoms with E-state index in [1.165, 1.54) is 23.7 Å². The number of benzene rings is 1. The molecule has 0 aliphatic carbocycles. The van der Waals surface area contributed by atoms with Gasteiger partial charge < -0.3 is 14.4 Å². The van der Waals surface area contributed by atoms with Crippen molar-refractivity contribution in [2.75, 3.05) is 38.0 Å². The van der Waals surface area contributed by atoms with Crippen LogP contribution in [0.3, 0.4) is 0 Å². The Hall–Kier alpha value is -1.74. The van der Waals surface area contributed by atoms with Gasteiger partial charge in [-0.15, -0.1) is 11.8 Å². The molecule has 9 heteroatoms. The van der Waals surface area contributed by atoms with E-state index in [2.05, 4.69) is 0 Å². The minimum Gasteiger partial charge on any atom is -0.497 e. The first-order valence-electron chi connectivity index (χ1n) is 7.69. The van der Waals surface area contributed by atoms with E-state index in [1.54, 1.807) is 19.2 Å². The van der Waals surface area contributed by atoms with Crippen LogP contribution in [0.1, 0.15) is 6.42 Å². The molecule has 0 saturated carbocycles. The van der Waals surface area contributed by atoms with Crippen LogP contribution in [-0.2, 0) is 24.2 Å². The Kier molecular flexibility index (Phi) is 6.71. The second-order valence-corrected chi connectivity index (χ2v) is 8.96. The lowest BCUT2D eigenvalue weighted by Gasteiger charge is -2.23. The highest BCUT2D eigenvalue weighted by molar-refractivity contribution is 8.00. The van der Waals surface area contributed by atoms with Crippen molar-refractivity contribution in [2.45, 2.75) is 17.4 Å². The highest BCUT2D eigenvalue weighted by atomic mass is 32.2. The van der Waals surface area contributed by atoms with E-state index in [-0.39, 0.29) is 29.9 Å². The van der Waals surface area contributed by atoms with Crippen molar-refractivity contribution < 1.29 is 27.5 Å². The summed E-state index contributed by atoms with van der Waals surface area (Å²) in [5.41, 5.74) is 0. The number of hydrogen-bond donors (Lipinski definition) is 0. The van der Waals surface area contributed by atoms with Crippen molar-refractivity contribution in [3.05, 3.63) is 24.3 Å². The number of ether oxygens (including phenoxy) is 2. The van der Waals surface area contributed by atoms with Gasteiger partial charge in [0.2, 0.25) is 0 Å². The Morgan fingerprint density at radius 1 is 1.28 bits per heavy atom. The van der Waals surface area contributed by atoms with Gasteiger partial charge in [0.05, 0.1) is 24.4 Å². The fourth-order valence-corrected chi connectivity index (χ4v) is 4.86. The van der Waals surface area contributed by atoms with Crippen LogP contribution < -0.4 is 4.74 Å². The number of hydrogen-bond acceptors (Lipinski definition) is 7. The van der Waals surface area contributed by atoms with Gasteiger partial charge in [0.25, 0.3) is 5.91 Å². The van der Waals surface area contributed by atoms with E-state index in [9.17, 15) is 18.0 Å². The van der Waals surface area contributed by atoms with E-state index < -0.39 is 21.7 Å². The Bertz CT molecular complexity index is 717. The number of carbonyl (C=O) groups excluding carboxylic acids is 2. The number of thioether (sulfide) groups is 1. The molecule has 0 spiro atoms. The topological polar surface area (TPSA) is 90.0 Å². The molecule has 1 atom stereocenters. The monoisotopic (exact) mass is 387 g/mol. The molecule has 7 nitrogen and oxygen atoms in total. The van der Waals surface area contributed by atoms with Crippen molar-refractivity contribution in [1.29, 1.82) is 0 Å². The van der Waals surface area contributed by atoms with Crippen molar-refractivity contribution in [3.63, 3.8) is 0 Å². The summed E-state index contributed by atoms with van der Waals surface area (Å²) in [6.45, 7) is -0.380. The van der Waals surface area contributed by atoms with Crippen LogP contribution in [0.2, 0.25) is 0 Å². The van der Waals surface area contributed by atoms with E-state index in [0.29, 0.717) is 6.42 Å². The van der Waals surface area contributed by atoms with Gasteiger partial charge in [-0.3, -0.25) is 9.59 Å². The van der Waals surface area contributed by atoms with Crippen molar-refractivity contribution in [2.24, 2.45) is 0 Å². The Balaban J connectivity index is 1.72. The zero-order valence-electron chi connectivity index (χ0n) is 14.1. The lowest BCUT2D eigenvalue weighted by atomic mass is 10.2. The summed E-state index contributed by atoms with van der Waals surface area (Å²) in [4.78, 5) is 26.0. The Labute approximate surface area is 151 Å². The molecule has 138 valence electrons. The predicted octanol–water partition coefficient (Wildman–Crippen LogP) is 0.976. The summed E-state index contributed by atoms with van der Waals surface area (Å²) < 4.78 is 33.0. The molecule has 0 unspecified atom stereocenters. The van der Waals surface area contributed by atoms with Crippen LogP contribution in [0.5, 0.6) is 5.75 Å². The van der Waals surface area contributed by atoms with Gasteiger partial charge in [-0.25, -0.2) is 8.42 Å². The lowest BCUT2D eigenvalue weighted by Crippen LogP contribution is -2.40. The first-order chi connectivity index (χ1) is 11.8. The summed E-state index contributed by atoms with van der Waals surface area (Å²) in [6, 6.07) is 6.90. The van der Waals surface area contributed by atoms with Crippen LogP contribution in [0.15, 0.2) is 29.2 Å². The average Bonchev–Trinajstić information content (AvgIpc) is 2.97. The van der Waals surface area contributed by atoms with Crippen LogP contribution in [-0.4, -0.2) is 69.3 Å². The maximum Gasteiger partial charge on any atom is 0.316 e. The van der Waals surface area contributed by atoms with Gasteiger partial charge in [0.1, 0.15) is 5.75 Å². The van der Waals surface area contributed by atoms with Gasteiger partial charge in [0, 0.05) is 18.0 Å². The molecule has 1 heterocycles. The number of carbonyl (C=O) groups is 2. The molecule has 1 fully saturated rings. The van der Waals surface area contributed by atoms with Gasteiger partial charge in [-0.05, 0) is 30.7 Å². The fourth-order valence-electron chi connectivity index (χ4n) is 2.38. The van der Waals surface area contributed by atoms with Crippen LogP contribution in [0.4, 0.5) is 0 Å². The zero-order valence-corrected chi connectivity index (χ0v) is 15.8. The number of esters is 1. The number of rotatable bonds is 7. The molecule has 1 aromatic carbocycles. The van der Waals surface area contributed by atoms with Gasteiger partial charge >= 0.3 is 5.97 Å². The molecule has 1 amide bonds. The number of likely N-dealkylation sites (N-methyl/N-ethyl adjacent to an activating group) is 1. The molecule has 1 aliphatic heterocycles. The highest BCUT2D eigenvalue weighted by Crippen LogP contribution is 2.21. The van der Waals surface area contributed by atoms with Gasteiger partial charge in [-0.1, -0.05) is 0 Å². The SMILES string of the molecule is COc1ccc(SCC(=O)OCC(=O)N(C)[C@@H]2CCS(=O)(=O)C2)cc1. The van der Waals surface area contributed by atoms with Crippen LogP contribution in [0.25, 0.3) is 0 Å². The van der Waals surface area contributed by atoms with E-state index >= 15 is 0 Å². The standard InChI is InChI=1S/C16H21NO6S2/c1-17(12-7-8-25(20,21)11-12)15(18)9-23-16(19)10-24-14-5-3-13(22-2)4-6-14/h3-6,12H,7-11H2,1-2H3/t12-/m1/s1. The molecule has 1 aromatic rings. The van der Waals surface area contributed by atoms with Gasteiger partial charge in [0.15, 0.2) is 16.4 Å². The number of sulfone groups is 1. The molecule has 0 N–H and O–H groups in total. The molecular weight excluding hydrogens is 366 g/mol. The van der Waals surface area contributed by atoms with Crippen molar-refractivity contribution in [1.82, 2.24) is 4.90 Å². The third-order valence-electron chi connectivity index (χ3n) is 3.92. The summed E-state index contributed by atoms with van der Waals surface area (Å²) in [5.74, 6) is -0.0217. The van der Waals surface area contributed by atoms with Crippen LogP contribution >= 0.6 is 11.8 Å². The molecule has 0 bridgehead atoms. The summed E-state index contributed by atoms with van der Waals surface area (Å²) >= 11 is 1.30. The maximum atomic E-state index is 12.0. The first kappa shape index (κ1) is 19.6. The molecule has 25 heavy (non-hydrogen) atoms. The summed E-state index contributed by atoms with van der Waals surface area (Å²) in [7, 11) is 0.0499. The fraction of sp³-hybridized carbons (Fsp3) is 0.500. The second-order valence-electron chi connectivity index (χ2n) is 5.69. The van der Waals surface area contributed by atoms with E-state index in [1.807, 2.05) is 12.1 Å². The van der Waals surface area contributed by atoms with E-state index in [0.717, 1.165) is 10.6 Å². The third kappa shape index (κ3) is 5.93. The Morgan fingerprint density at radius 2 is 1.96 bits per heavy atom. The van der Waals surface area contributed by atoms with Crippen molar-refractivity contribution >= 4 is 33.5 Å². The van der Waals surface area contributed by atoms with Gasteiger partial charge in [-0.2, -0.15) is 0 Å². The molecular formula is C16H21NO6S2. The van der Waals surface area contributed by atoms with Crippen molar-refractivity contribution in [3.8, 4) is 5.75 Å². The minimum atomic E-state index is -3.06. The molecule has 1 saturated heterocycles. The zero-order chi connectivity index (χ0) is 18.4. The highest BCUT2D eigenvalue weighted by Gasteiger charge is 2.32. The molecule has 0 radical (unpaired) electrons. The average molecular weight is 387 g/mol. The third-order valence-corrected chi connectivity index (χ3v) is 6.66. The quantitative estimate of drug-likeness (QED) is 0.509. The van der Waals surface area contributed by atoms with E-state index in [4.69, 9.17) is 9.47 Å².